The van der Waals surface area contributed by atoms with Crippen LogP contribution in [0.3, 0.4) is 0 Å². The Morgan fingerprint density at radius 1 is 1.22 bits per heavy atom. The Labute approximate surface area is 163 Å². The molecule has 0 spiro atoms. The van der Waals surface area contributed by atoms with Gasteiger partial charge in [-0.3, -0.25) is 4.79 Å². The molecule has 0 radical (unpaired) electrons. The molecule has 0 aromatic carbocycles. The molecular formula is C19H26N6OS. The number of carbonyl (C=O) groups excluding carboxylic acids is 1. The molecule has 4 rings (SSSR count). The molecule has 8 heteroatoms. The van der Waals surface area contributed by atoms with Gasteiger partial charge >= 0.3 is 0 Å². The number of hydrogen-bond donors (Lipinski definition) is 1. The predicted octanol–water partition coefficient (Wildman–Crippen LogP) is 2.21. The van der Waals surface area contributed by atoms with Crippen LogP contribution in [0.25, 0.3) is 0 Å². The van der Waals surface area contributed by atoms with E-state index in [-0.39, 0.29) is 11.8 Å². The third-order valence-electron chi connectivity index (χ3n) is 5.44. The fourth-order valence-electron chi connectivity index (χ4n) is 3.99. The minimum absolute atomic E-state index is 0.0917. The molecule has 0 saturated carbocycles. The smallest absolute Gasteiger partial charge is 0.265 e. The first-order chi connectivity index (χ1) is 13.0. The summed E-state index contributed by atoms with van der Waals surface area (Å²) in [6.07, 6.45) is 1.86. The van der Waals surface area contributed by atoms with Gasteiger partial charge < -0.3 is 15.1 Å². The summed E-state index contributed by atoms with van der Waals surface area (Å²) in [5, 5.41) is 4.18. The van der Waals surface area contributed by atoms with Crippen LogP contribution < -0.4 is 5.32 Å². The van der Waals surface area contributed by atoms with Gasteiger partial charge in [0.05, 0.1) is 16.4 Å². The number of fused-ring (bicyclic) bond motifs is 1. The molecule has 2 aliphatic rings. The number of aromatic nitrogens is 3. The van der Waals surface area contributed by atoms with Crippen molar-refractivity contribution in [3.63, 3.8) is 0 Å². The number of anilines is 1. The molecule has 2 aromatic rings. The molecule has 1 unspecified atom stereocenters. The topological polar surface area (TPSA) is 74.2 Å². The summed E-state index contributed by atoms with van der Waals surface area (Å²) >= 11 is 1.48. The summed E-state index contributed by atoms with van der Waals surface area (Å²) in [5.74, 6) is 2.09. The van der Waals surface area contributed by atoms with E-state index in [1.54, 1.807) is 0 Å². The molecule has 1 amide bonds. The highest BCUT2D eigenvalue weighted by molar-refractivity contribution is 7.13. The minimum Gasteiger partial charge on any atom is -0.373 e. The van der Waals surface area contributed by atoms with Crippen LogP contribution in [0.15, 0.2) is 0 Å². The van der Waals surface area contributed by atoms with Gasteiger partial charge in [0.1, 0.15) is 16.5 Å². The highest BCUT2D eigenvalue weighted by Crippen LogP contribution is 2.31. The van der Waals surface area contributed by atoms with Gasteiger partial charge in [0.2, 0.25) is 0 Å². The molecule has 2 aliphatic heterocycles. The summed E-state index contributed by atoms with van der Waals surface area (Å²) in [6, 6.07) is 0. The van der Waals surface area contributed by atoms with Crippen molar-refractivity contribution in [1.29, 1.82) is 0 Å². The lowest BCUT2D eigenvalue weighted by molar-refractivity contribution is 0.0794. The van der Waals surface area contributed by atoms with Crippen molar-refractivity contribution in [3.8, 4) is 0 Å². The summed E-state index contributed by atoms with van der Waals surface area (Å²) < 4.78 is 0. The normalized spacial score (nSPS) is 20.0. The lowest BCUT2D eigenvalue weighted by Crippen LogP contribution is -2.30. The molecule has 0 bridgehead atoms. The second-order valence-corrected chi connectivity index (χ2v) is 8.68. The zero-order valence-electron chi connectivity index (χ0n) is 16.4. The minimum atomic E-state index is 0.0917. The van der Waals surface area contributed by atoms with Gasteiger partial charge in [-0.1, -0.05) is 0 Å². The SMILES string of the molecule is CNc1nc(C2CCN(C(=O)c3sc(C)nc3C)C2)nc2c1CN(C)CC2. The van der Waals surface area contributed by atoms with Crippen molar-refractivity contribution < 1.29 is 4.79 Å². The van der Waals surface area contributed by atoms with E-state index >= 15 is 0 Å². The molecular weight excluding hydrogens is 360 g/mol. The van der Waals surface area contributed by atoms with Crippen LogP contribution >= 0.6 is 11.3 Å². The Kier molecular flexibility index (Phi) is 4.86. The van der Waals surface area contributed by atoms with Gasteiger partial charge in [0.25, 0.3) is 5.91 Å². The first kappa shape index (κ1) is 18.3. The van der Waals surface area contributed by atoms with Crippen molar-refractivity contribution in [2.75, 3.05) is 39.0 Å². The predicted molar refractivity (Wildman–Crippen MR) is 106 cm³/mol. The summed E-state index contributed by atoms with van der Waals surface area (Å²) in [6.45, 7) is 7.18. The Morgan fingerprint density at radius 2 is 2.04 bits per heavy atom. The summed E-state index contributed by atoms with van der Waals surface area (Å²) in [5.41, 5.74) is 3.19. The molecule has 7 nitrogen and oxygen atoms in total. The van der Waals surface area contributed by atoms with Gasteiger partial charge in [0.15, 0.2) is 0 Å². The van der Waals surface area contributed by atoms with Crippen LogP contribution in [-0.4, -0.2) is 64.4 Å². The zero-order valence-corrected chi connectivity index (χ0v) is 17.2. The monoisotopic (exact) mass is 386 g/mol. The number of carbonyl (C=O) groups is 1. The van der Waals surface area contributed by atoms with E-state index < -0.39 is 0 Å². The molecule has 27 heavy (non-hydrogen) atoms. The average Bonchev–Trinajstić information content (AvgIpc) is 3.27. The van der Waals surface area contributed by atoms with Crippen molar-refractivity contribution in [2.24, 2.45) is 0 Å². The standard InChI is InChI=1S/C19H26N6OS/c1-11-16(27-12(2)21-11)19(26)25-8-5-13(9-25)17-22-15-6-7-24(4)10-14(15)18(20-3)23-17/h13H,5-10H2,1-4H3,(H,20,22,23). The highest BCUT2D eigenvalue weighted by atomic mass is 32.1. The molecule has 4 heterocycles. The fourth-order valence-corrected chi connectivity index (χ4v) is 4.87. The average molecular weight is 387 g/mol. The van der Waals surface area contributed by atoms with E-state index in [0.29, 0.717) is 6.54 Å². The van der Waals surface area contributed by atoms with Crippen LogP contribution in [0, 0.1) is 13.8 Å². The fraction of sp³-hybridized carbons (Fsp3) is 0.579. The highest BCUT2D eigenvalue weighted by Gasteiger charge is 2.32. The molecule has 144 valence electrons. The largest absolute Gasteiger partial charge is 0.373 e. The maximum absolute atomic E-state index is 12.9. The van der Waals surface area contributed by atoms with E-state index in [2.05, 4.69) is 22.2 Å². The van der Waals surface area contributed by atoms with Gasteiger partial charge in [-0.05, 0) is 27.3 Å². The van der Waals surface area contributed by atoms with Crippen LogP contribution in [0.5, 0.6) is 0 Å². The van der Waals surface area contributed by atoms with Crippen LogP contribution in [0.1, 0.15) is 49.8 Å². The Hall–Kier alpha value is -2.06. The number of nitrogens with zero attached hydrogens (tertiary/aromatic N) is 5. The zero-order chi connectivity index (χ0) is 19.1. The van der Waals surface area contributed by atoms with Gasteiger partial charge in [-0.25, -0.2) is 15.0 Å². The number of nitrogens with one attached hydrogen (secondary N) is 1. The number of thiazole rings is 1. The van der Waals surface area contributed by atoms with Crippen molar-refractivity contribution in [2.45, 2.75) is 39.2 Å². The summed E-state index contributed by atoms with van der Waals surface area (Å²) in [7, 11) is 4.04. The number of rotatable bonds is 3. The third-order valence-corrected chi connectivity index (χ3v) is 6.50. The van der Waals surface area contributed by atoms with E-state index in [4.69, 9.17) is 9.97 Å². The van der Waals surface area contributed by atoms with E-state index in [0.717, 1.165) is 65.4 Å². The molecule has 2 aromatic heterocycles. The lowest BCUT2D eigenvalue weighted by Gasteiger charge is -2.26. The second kappa shape index (κ2) is 7.16. The van der Waals surface area contributed by atoms with Crippen molar-refractivity contribution in [1.82, 2.24) is 24.8 Å². The Balaban J connectivity index is 1.55. The summed E-state index contributed by atoms with van der Waals surface area (Å²) in [4.78, 5) is 32.0. The Bertz CT molecular complexity index is 862. The van der Waals surface area contributed by atoms with Crippen molar-refractivity contribution in [3.05, 3.63) is 32.7 Å². The number of aryl methyl sites for hydroxylation is 2. The van der Waals surface area contributed by atoms with Gasteiger partial charge in [0, 0.05) is 51.1 Å². The van der Waals surface area contributed by atoms with Crippen LogP contribution in [-0.2, 0) is 13.0 Å². The number of amides is 1. The molecule has 1 fully saturated rings. The van der Waals surface area contributed by atoms with Gasteiger partial charge in [-0.15, -0.1) is 11.3 Å². The van der Waals surface area contributed by atoms with Crippen LogP contribution in [0.4, 0.5) is 5.82 Å². The van der Waals surface area contributed by atoms with Gasteiger partial charge in [-0.2, -0.15) is 0 Å². The van der Waals surface area contributed by atoms with Crippen molar-refractivity contribution >= 4 is 23.1 Å². The first-order valence-electron chi connectivity index (χ1n) is 9.45. The molecule has 0 aliphatic carbocycles. The van der Waals surface area contributed by atoms with E-state index in [1.165, 1.54) is 16.9 Å². The number of likely N-dealkylation sites (tertiary alicyclic amines) is 1. The first-order valence-corrected chi connectivity index (χ1v) is 10.3. The molecule has 1 N–H and O–H groups in total. The lowest BCUT2D eigenvalue weighted by atomic mass is 10.0. The quantitative estimate of drug-likeness (QED) is 0.872. The number of hydrogen-bond acceptors (Lipinski definition) is 7. The number of likely N-dealkylation sites (N-methyl/N-ethyl adjacent to an activating group) is 1. The molecule has 1 atom stereocenters. The second-order valence-electron chi connectivity index (χ2n) is 7.48. The van der Waals surface area contributed by atoms with Crippen LogP contribution in [0.2, 0.25) is 0 Å². The third kappa shape index (κ3) is 3.43. The Morgan fingerprint density at radius 3 is 2.74 bits per heavy atom. The van der Waals surface area contributed by atoms with E-state index in [1.807, 2.05) is 25.8 Å². The maximum atomic E-state index is 12.9. The molecule has 1 saturated heterocycles. The maximum Gasteiger partial charge on any atom is 0.265 e. The van der Waals surface area contributed by atoms with E-state index in [9.17, 15) is 4.79 Å².